The highest BCUT2D eigenvalue weighted by Gasteiger charge is 2.09. The average Bonchev–Trinajstić information content (AvgIpc) is 2.62. The number of unbranched alkanes of at least 4 members (excludes halogenated alkanes) is 8. The van der Waals surface area contributed by atoms with Crippen LogP contribution in [0.15, 0.2) is 24.3 Å². The summed E-state index contributed by atoms with van der Waals surface area (Å²) < 4.78 is 12.8. The van der Waals surface area contributed by atoms with Crippen LogP contribution in [0.25, 0.3) is 0 Å². The second-order valence-electron chi connectivity index (χ2n) is 6.61. The Labute approximate surface area is 151 Å². The predicted octanol–water partition coefficient (Wildman–Crippen LogP) is 5.44. The second-order valence-corrected chi connectivity index (χ2v) is 6.61. The quantitative estimate of drug-likeness (QED) is 0.359. The molecule has 3 nitrogen and oxygen atoms in total. The molecule has 0 aliphatic rings. The fraction of sp³-hybridized carbons (Fsp3) is 0.619. The van der Waals surface area contributed by atoms with Crippen LogP contribution in [0.2, 0.25) is 0 Å². The van der Waals surface area contributed by atoms with Crippen LogP contribution >= 0.6 is 0 Å². The van der Waals surface area contributed by atoms with E-state index in [4.69, 9.17) is 0 Å². The van der Waals surface area contributed by atoms with Crippen molar-refractivity contribution in [3.05, 3.63) is 35.6 Å². The molecule has 0 unspecified atom stereocenters. The van der Waals surface area contributed by atoms with Crippen LogP contribution in [-0.4, -0.2) is 18.2 Å². The normalized spacial score (nSPS) is 10.6. The Morgan fingerprint density at radius 1 is 0.840 bits per heavy atom. The predicted molar refractivity (Wildman–Crippen MR) is 100 cm³/mol. The third kappa shape index (κ3) is 10.7. The van der Waals surface area contributed by atoms with E-state index < -0.39 is 0 Å². The summed E-state index contributed by atoms with van der Waals surface area (Å²) in [5.74, 6) is -0.580. The molecule has 1 rings (SSSR count). The van der Waals surface area contributed by atoms with Gasteiger partial charge < -0.3 is 5.32 Å². The smallest absolute Gasteiger partial charge is 0.220 e. The molecule has 25 heavy (non-hydrogen) atoms. The summed E-state index contributed by atoms with van der Waals surface area (Å²) in [6.45, 7) is 2.91. The minimum absolute atomic E-state index is 0.0879. The van der Waals surface area contributed by atoms with Gasteiger partial charge >= 0.3 is 0 Å². The lowest BCUT2D eigenvalue weighted by Crippen LogP contribution is -2.24. The number of carbonyl (C=O) groups excluding carboxylic acids is 2. The molecule has 4 heteroatoms. The van der Waals surface area contributed by atoms with Gasteiger partial charge in [0.15, 0.2) is 5.78 Å². The zero-order valence-electron chi connectivity index (χ0n) is 15.5. The van der Waals surface area contributed by atoms with Crippen LogP contribution in [0.3, 0.4) is 0 Å². The number of carbonyl (C=O) groups is 2. The lowest BCUT2D eigenvalue weighted by Gasteiger charge is -2.05. The van der Waals surface area contributed by atoms with Crippen molar-refractivity contribution in [1.29, 1.82) is 0 Å². The number of amides is 1. The Morgan fingerprint density at radius 2 is 1.40 bits per heavy atom. The first-order valence-electron chi connectivity index (χ1n) is 9.69. The Balaban J connectivity index is 1.98. The number of halogens is 1. The molecule has 1 aromatic rings. The van der Waals surface area contributed by atoms with Crippen molar-refractivity contribution < 1.29 is 14.0 Å². The third-order valence-electron chi connectivity index (χ3n) is 4.35. The molecule has 0 aliphatic carbocycles. The molecule has 0 spiro atoms. The SMILES string of the molecule is CCCCCCCCCCCNC(=O)CCC(=O)c1ccc(F)cc1. The average molecular weight is 349 g/mol. The molecule has 0 atom stereocenters. The van der Waals surface area contributed by atoms with E-state index >= 15 is 0 Å². The summed E-state index contributed by atoms with van der Waals surface area (Å²) in [5, 5.41) is 2.87. The van der Waals surface area contributed by atoms with Crippen molar-refractivity contribution in [3.63, 3.8) is 0 Å². The minimum atomic E-state index is -0.366. The van der Waals surface area contributed by atoms with Gasteiger partial charge in [-0.3, -0.25) is 9.59 Å². The van der Waals surface area contributed by atoms with E-state index in [-0.39, 0.29) is 30.3 Å². The van der Waals surface area contributed by atoms with Crippen molar-refractivity contribution in [3.8, 4) is 0 Å². The highest BCUT2D eigenvalue weighted by atomic mass is 19.1. The maximum Gasteiger partial charge on any atom is 0.220 e. The van der Waals surface area contributed by atoms with Crippen LogP contribution in [0.4, 0.5) is 4.39 Å². The van der Waals surface area contributed by atoms with Gasteiger partial charge in [-0.05, 0) is 30.7 Å². The van der Waals surface area contributed by atoms with Crippen LogP contribution in [0, 0.1) is 5.82 Å². The van der Waals surface area contributed by atoms with Gasteiger partial charge in [-0.2, -0.15) is 0 Å². The largest absolute Gasteiger partial charge is 0.356 e. The fourth-order valence-corrected chi connectivity index (χ4v) is 2.76. The Morgan fingerprint density at radius 3 is 2.00 bits per heavy atom. The highest BCUT2D eigenvalue weighted by Crippen LogP contribution is 2.09. The molecule has 0 radical (unpaired) electrons. The Bertz CT molecular complexity index is 499. The topological polar surface area (TPSA) is 46.2 Å². The summed E-state index contributed by atoms with van der Waals surface area (Å²) in [6, 6.07) is 5.43. The van der Waals surface area contributed by atoms with E-state index in [9.17, 15) is 14.0 Å². The maximum absolute atomic E-state index is 12.8. The van der Waals surface area contributed by atoms with Crippen LogP contribution in [-0.2, 0) is 4.79 Å². The number of rotatable bonds is 14. The van der Waals surface area contributed by atoms with Crippen LogP contribution in [0.1, 0.15) is 87.9 Å². The van der Waals surface area contributed by atoms with E-state index in [1.165, 1.54) is 69.2 Å². The van der Waals surface area contributed by atoms with Gasteiger partial charge in [-0.15, -0.1) is 0 Å². The first-order chi connectivity index (χ1) is 12.1. The van der Waals surface area contributed by atoms with Gasteiger partial charge in [-0.25, -0.2) is 4.39 Å². The molecular formula is C21H32FNO2. The van der Waals surface area contributed by atoms with Crippen molar-refractivity contribution in [2.45, 2.75) is 77.6 Å². The molecule has 0 heterocycles. The van der Waals surface area contributed by atoms with Crippen molar-refractivity contribution >= 4 is 11.7 Å². The van der Waals surface area contributed by atoms with E-state index in [0.717, 1.165) is 12.8 Å². The summed E-state index contributed by atoms with van der Waals surface area (Å²) in [6.07, 6.45) is 11.6. The molecular weight excluding hydrogens is 317 g/mol. The molecule has 1 aromatic carbocycles. The molecule has 140 valence electrons. The van der Waals surface area contributed by atoms with Gasteiger partial charge in [0.1, 0.15) is 5.82 Å². The molecule has 1 N–H and O–H groups in total. The third-order valence-corrected chi connectivity index (χ3v) is 4.35. The monoisotopic (exact) mass is 349 g/mol. The number of benzene rings is 1. The van der Waals surface area contributed by atoms with Gasteiger partial charge in [0.25, 0.3) is 0 Å². The Kier molecular flexibility index (Phi) is 11.6. The van der Waals surface area contributed by atoms with Gasteiger partial charge in [0.2, 0.25) is 5.91 Å². The van der Waals surface area contributed by atoms with E-state index in [1.54, 1.807) is 0 Å². The van der Waals surface area contributed by atoms with Crippen LogP contribution in [0.5, 0.6) is 0 Å². The number of hydrogen-bond donors (Lipinski definition) is 1. The van der Waals surface area contributed by atoms with E-state index in [0.29, 0.717) is 12.1 Å². The minimum Gasteiger partial charge on any atom is -0.356 e. The van der Waals surface area contributed by atoms with Crippen LogP contribution < -0.4 is 5.32 Å². The number of nitrogens with one attached hydrogen (secondary N) is 1. The first-order valence-corrected chi connectivity index (χ1v) is 9.69. The summed E-state index contributed by atoms with van der Waals surface area (Å²) in [4.78, 5) is 23.6. The zero-order valence-corrected chi connectivity index (χ0v) is 15.5. The van der Waals surface area contributed by atoms with E-state index in [1.807, 2.05) is 0 Å². The van der Waals surface area contributed by atoms with Gasteiger partial charge in [0, 0.05) is 24.9 Å². The molecule has 1 amide bonds. The van der Waals surface area contributed by atoms with Gasteiger partial charge in [0.05, 0.1) is 0 Å². The molecule has 0 fully saturated rings. The summed E-state index contributed by atoms with van der Waals surface area (Å²) >= 11 is 0. The van der Waals surface area contributed by atoms with Crippen molar-refractivity contribution in [2.75, 3.05) is 6.54 Å². The first kappa shape index (κ1) is 21.3. The van der Waals surface area contributed by atoms with Crippen molar-refractivity contribution in [2.24, 2.45) is 0 Å². The lowest BCUT2D eigenvalue weighted by atomic mass is 10.1. The molecule has 0 bridgehead atoms. The number of Topliss-reactive ketones (excluding diaryl/α,β-unsaturated/α-hetero) is 1. The lowest BCUT2D eigenvalue weighted by molar-refractivity contribution is -0.121. The molecule has 0 aromatic heterocycles. The Hall–Kier alpha value is -1.71. The standard InChI is InChI=1S/C21H32FNO2/c1-2-3-4-5-6-7-8-9-10-17-23-21(25)16-15-20(24)18-11-13-19(22)14-12-18/h11-14H,2-10,15-17H2,1H3,(H,23,25). The summed E-state index contributed by atoms with van der Waals surface area (Å²) in [7, 11) is 0. The fourth-order valence-electron chi connectivity index (χ4n) is 2.76. The highest BCUT2D eigenvalue weighted by molar-refractivity contribution is 5.97. The maximum atomic E-state index is 12.8. The van der Waals surface area contributed by atoms with Gasteiger partial charge in [-0.1, -0.05) is 58.3 Å². The second kappa shape index (κ2) is 13.6. The molecule has 0 saturated carbocycles. The number of ketones is 1. The van der Waals surface area contributed by atoms with E-state index in [2.05, 4.69) is 12.2 Å². The molecule has 0 saturated heterocycles. The van der Waals surface area contributed by atoms with Crippen molar-refractivity contribution in [1.82, 2.24) is 5.32 Å². The number of hydrogen-bond acceptors (Lipinski definition) is 2. The summed E-state index contributed by atoms with van der Waals surface area (Å²) in [5.41, 5.74) is 0.452. The zero-order chi connectivity index (χ0) is 18.3. The molecule has 0 aliphatic heterocycles.